The maximum Gasteiger partial charge on any atom is 0.224 e. The summed E-state index contributed by atoms with van der Waals surface area (Å²) in [7, 11) is 0. The highest BCUT2D eigenvalue weighted by Crippen LogP contribution is 2.33. The number of aryl methyl sites for hydroxylation is 1. The SMILES string of the molecule is N[C@H](CC(=O)N1CCC[C@@H]1CCc1ccccc1)C1CC1. The largest absolute Gasteiger partial charge is 0.340 e. The van der Waals surface area contributed by atoms with Gasteiger partial charge in [0, 0.05) is 25.0 Å². The minimum atomic E-state index is 0.0906. The monoisotopic (exact) mass is 286 g/mol. The van der Waals surface area contributed by atoms with Crippen molar-refractivity contribution in [3.63, 3.8) is 0 Å². The average Bonchev–Trinajstić information content (AvgIpc) is 3.25. The van der Waals surface area contributed by atoms with Gasteiger partial charge < -0.3 is 10.6 Å². The van der Waals surface area contributed by atoms with Crippen LogP contribution in [0, 0.1) is 5.92 Å². The molecule has 0 spiro atoms. The van der Waals surface area contributed by atoms with E-state index in [2.05, 4.69) is 29.2 Å². The number of benzene rings is 1. The first-order valence-electron chi connectivity index (χ1n) is 8.33. The van der Waals surface area contributed by atoms with Gasteiger partial charge in [0.05, 0.1) is 0 Å². The number of rotatable bonds is 6. The summed E-state index contributed by atoms with van der Waals surface area (Å²) in [5.74, 6) is 0.893. The molecule has 21 heavy (non-hydrogen) atoms. The van der Waals surface area contributed by atoms with E-state index >= 15 is 0 Å². The van der Waals surface area contributed by atoms with Crippen LogP contribution in [0.3, 0.4) is 0 Å². The Bertz CT molecular complexity index is 469. The van der Waals surface area contributed by atoms with Crippen molar-refractivity contribution >= 4 is 5.91 Å². The second-order valence-corrected chi connectivity index (χ2v) is 6.61. The fourth-order valence-electron chi connectivity index (χ4n) is 3.45. The van der Waals surface area contributed by atoms with Crippen LogP contribution < -0.4 is 5.73 Å². The highest BCUT2D eigenvalue weighted by Gasteiger charge is 2.34. The number of nitrogens with two attached hydrogens (primary N) is 1. The molecule has 1 saturated heterocycles. The first-order chi connectivity index (χ1) is 10.2. The quantitative estimate of drug-likeness (QED) is 0.874. The lowest BCUT2D eigenvalue weighted by molar-refractivity contribution is -0.132. The van der Waals surface area contributed by atoms with Crippen LogP contribution in [-0.2, 0) is 11.2 Å². The Labute approximate surface area is 127 Å². The molecule has 1 aromatic carbocycles. The van der Waals surface area contributed by atoms with E-state index in [-0.39, 0.29) is 11.9 Å². The van der Waals surface area contributed by atoms with Gasteiger partial charge in [-0.1, -0.05) is 30.3 Å². The van der Waals surface area contributed by atoms with Crippen LogP contribution in [0.2, 0.25) is 0 Å². The van der Waals surface area contributed by atoms with Gasteiger partial charge in [-0.15, -0.1) is 0 Å². The normalized spacial score (nSPS) is 23.3. The number of likely N-dealkylation sites (tertiary alicyclic amines) is 1. The predicted molar refractivity (Wildman–Crippen MR) is 84.8 cm³/mol. The average molecular weight is 286 g/mol. The second-order valence-electron chi connectivity index (χ2n) is 6.61. The smallest absolute Gasteiger partial charge is 0.224 e. The van der Waals surface area contributed by atoms with Crippen LogP contribution in [0.25, 0.3) is 0 Å². The van der Waals surface area contributed by atoms with E-state index in [0.717, 1.165) is 32.2 Å². The molecule has 2 aliphatic rings. The number of nitrogens with zero attached hydrogens (tertiary/aromatic N) is 1. The minimum Gasteiger partial charge on any atom is -0.340 e. The molecule has 114 valence electrons. The summed E-state index contributed by atoms with van der Waals surface area (Å²) in [4.78, 5) is 14.6. The summed E-state index contributed by atoms with van der Waals surface area (Å²) in [6.45, 7) is 0.926. The summed E-state index contributed by atoms with van der Waals surface area (Å²) < 4.78 is 0. The van der Waals surface area contributed by atoms with Gasteiger partial charge in [0.1, 0.15) is 0 Å². The van der Waals surface area contributed by atoms with E-state index in [1.807, 2.05) is 6.07 Å². The van der Waals surface area contributed by atoms with Crippen molar-refractivity contribution in [1.29, 1.82) is 0 Å². The van der Waals surface area contributed by atoms with Gasteiger partial charge in [0.15, 0.2) is 0 Å². The van der Waals surface area contributed by atoms with Crippen molar-refractivity contribution in [3.8, 4) is 0 Å². The Morgan fingerprint density at radius 2 is 2.00 bits per heavy atom. The Morgan fingerprint density at radius 1 is 1.24 bits per heavy atom. The van der Waals surface area contributed by atoms with Crippen LogP contribution in [-0.4, -0.2) is 29.4 Å². The van der Waals surface area contributed by atoms with Gasteiger partial charge in [-0.25, -0.2) is 0 Å². The minimum absolute atomic E-state index is 0.0906. The molecule has 3 rings (SSSR count). The molecule has 1 saturated carbocycles. The van der Waals surface area contributed by atoms with E-state index < -0.39 is 0 Å². The third-order valence-corrected chi connectivity index (χ3v) is 4.94. The fourth-order valence-corrected chi connectivity index (χ4v) is 3.45. The molecule has 2 atom stereocenters. The van der Waals surface area contributed by atoms with Gasteiger partial charge in [-0.2, -0.15) is 0 Å². The number of hydrogen-bond donors (Lipinski definition) is 1. The Kier molecular flexibility index (Phi) is 4.59. The first-order valence-corrected chi connectivity index (χ1v) is 8.33. The third kappa shape index (κ3) is 3.85. The van der Waals surface area contributed by atoms with Crippen molar-refractivity contribution in [1.82, 2.24) is 4.90 Å². The summed E-state index contributed by atoms with van der Waals surface area (Å²) in [6, 6.07) is 11.1. The first kappa shape index (κ1) is 14.6. The summed E-state index contributed by atoms with van der Waals surface area (Å²) in [5, 5.41) is 0. The van der Waals surface area contributed by atoms with Crippen molar-refractivity contribution < 1.29 is 4.79 Å². The molecule has 1 heterocycles. The topological polar surface area (TPSA) is 46.3 Å². The molecule has 0 bridgehead atoms. The molecule has 0 unspecified atom stereocenters. The van der Waals surface area contributed by atoms with Crippen LogP contribution in [0.5, 0.6) is 0 Å². The lowest BCUT2D eigenvalue weighted by Gasteiger charge is -2.26. The zero-order valence-corrected chi connectivity index (χ0v) is 12.7. The molecule has 1 amide bonds. The Morgan fingerprint density at radius 3 is 2.71 bits per heavy atom. The number of carbonyl (C=O) groups excluding carboxylic acids is 1. The Hall–Kier alpha value is -1.35. The standard InChI is InChI=1S/C18H26N2O/c19-17(15-9-10-15)13-18(21)20-12-4-7-16(20)11-8-14-5-2-1-3-6-14/h1-3,5-6,15-17H,4,7-13,19H2/t16-,17-/m1/s1. The van der Waals surface area contributed by atoms with E-state index in [1.54, 1.807) is 0 Å². The van der Waals surface area contributed by atoms with Gasteiger partial charge in [0.25, 0.3) is 0 Å². The molecule has 2 N–H and O–H groups in total. The number of hydrogen-bond acceptors (Lipinski definition) is 2. The Balaban J connectivity index is 1.51. The van der Waals surface area contributed by atoms with Crippen molar-refractivity contribution in [2.24, 2.45) is 11.7 Å². The molecular weight excluding hydrogens is 260 g/mol. The third-order valence-electron chi connectivity index (χ3n) is 4.94. The van der Waals surface area contributed by atoms with E-state index in [9.17, 15) is 4.79 Å². The lowest BCUT2D eigenvalue weighted by Crippen LogP contribution is -2.39. The zero-order chi connectivity index (χ0) is 14.7. The molecule has 2 fully saturated rings. The van der Waals surface area contributed by atoms with E-state index in [0.29, 0.717) is 18.4 Å². The van der Waals surface area contributed by atoms with Gasteiger partial charge in [-0.05, 0) is 50.0 Å². The van der Waals surface area contributed by atoms with Crippen LogP contribution in [0.15, 0.2) is 30.3 Å². The van der Waals surface area contributed by atoms with Crippen LogP contribution in [0.4, 0.5) is 0 Å². The number of carbonyl (C=O) groups is 1. The van der Waals surface area contributed by atoms with Gasteiger partial charge >= 0.3 is 0 Å². The van der Waals surface area contributed by atoms with Gasteiger partial charge in [0.2, 0.25) is 5.91 Å². The van der Waals surface area contributed by atoms with E-state index in [1.165, 1.54) is 18.4 Å². The molecule has 1 aliphatic carbocycles. The van der Waals surface area contributed by atoms with Crippen LogP contribution >= 0.6 is 0 Å². The fraction of sp³-hybridized carbons (Fsp3) is 0.611. The molecule has 1 aliphatic heterocycles. The molecule has 1 aromatic rings. The molecular formula is C18H26N2O. The van der Waals surface area contributed by atoms with Crippen molar-refractivity contribution in [2.45, 2.75) is 57.0 Å². The number of amides is 1. The molecule has 0 radical (unpaired) electrons. The molecule has 0 aromatic heterocycles. The molecule has 3 nitrogen and oxygen atoms in total. The van der Waals surface area contributed by atoms with E-state index in [4.69, 9.17) is 5.73 Å². The highest BCUT2D eigenvalue weighted by molar-refractivity contribution is 5.77. The maximum atomic E-state index is 12.5. The lowest BCUT2D eigenvalue weighted by atomic mass is 10.0. The molecule has 3 heteroatoms. The van der Waals surface area contributed by atoms with Crippen molar-refractivity contribution in [3.05, 3.63) is 35.9 Å². The zero-order valence-electron chi connectivity index (χ0n) is 12.7. The second kappa shape index (κ2) is 6.61. The summed E-state index contributed by atoms with van der Waals surface area (Å²) in [5.41, 5.74) is 7.48. The highest BCUT2D eigenvalue weighted by atomic mass is 16.2. The maximum absolute atomic E-state index is 12.5. The predicted octanol–water partition coefficient (Wildman–Crippen LogP) is 2.74. The van der Waals surface area contributed by atoms with Crippen molar-refractivity contribution in [2.75, 3.05) is 6.54 Å². The summed E-state index contributed by atoms with van der Waals surface area (Å²) in [6.07, 6.45) is 7.41. The van der Waals surface area contributed by atoms with Crippen LogP contribution in [0.1, 0.15) is 44.1 Å². The summed E-state index contributed by atoms with van der Waals surface area (Å²) >= 11 is 0. The van der Waals surface area contributed by atoms with Gasteiger partial charge in [-0.3, -0.25) is 4.79 Å².